The lowest BCUT2D eigenvalue weighted by molar-refractivity contribution is -0.124. The zero-order valence-corrected chi connectivity index (χ0v) is 18.2. The maximum Gasteiger partial charge on any atom is 0.298 e. The molecule has 2 heterocycles. The minimum absolute atomic E-state index is 0.0500. The third-order valence-corrected chi connectivity index (χ3v) is 5.33. The normalized spacial score (nSPS) is 14.8. The van der Waals surface area contributed by atoms with Crippen molar-refractivity contribution < 1.29 is 14.3 Å². The van der Waals surface area contributed by atoms with E-state index in [1.165, 1.54) is 0 Å². The Balaban J connectivity index is 1.52. The summed E-state index contributed by atoms with van der Waals surface area (Å²) in [6, 6.07) is 20.3. The molecular weight excluding hydrogens is 416 g/mol. The molecule has 0 bridgehead atoms. The molecule has 1 aromatic heterocycles. The number of para-hydroxylation sites is 1. The van der Waals surface area contributed by atoms with E-state index in [1.807, 2.05) is 54.6 Å². The summed E-state index contributed by atoms with van der Waals surface area (Å²) in [5.41, 5.74) is 7.16. The Hall–Kier alpha value is -4.31. The molecular formula is C26H24N4O3. The van der Waals surface area contributed by atoms with Crippen LogP contribution >= 0.6 is 0 Å². The summed E-state index contributed by atoms with van der Waals surface area (Å²) >= 11 is 0. The number of nitrogens with one attached hydrogen (secondary N) is 1. The highest BCUT2D eigenvalue weighted by atomic mass is 16.5. The van der Waals surface area contributed by atoms with E-state index in [1.54, 1.807) is 24.0 Å². The molecule has 33 heavy (non-hydrogen) atoms. The molecule has 166 valence electrons. The number of rotatable bonds is 6. The average Bonchev–Trinajstić information content (AvgIpc) is 3.29. The monoisotopic (exact) mass is 440 g/mol. The number of carbonyl (C=O) groups is 2. The molecule has 1 fully saturated rings. The van der Waals surface area contributed by atoms with Gasteiger partial charge in [-0.3, -0.25) is 9.59 Å². The Bertz CT molecular complexity index is 1210. The van der Waals surface area contributed by atoms with E-state index in [-0.39, 0.29) is 11.9 Å². The maximum absolute atomic E-state index is 12.0. The molecule has 0 radical (unpaired) electrons. The largest absolute Gasteiger partial charge is 0.457 e. The minimum atomic E-state index is -0.551. The van der Waals surface area contributed by atoms with Crippen LogP contribution in [0.15, 0.2) is 66.7 Å². The van der Waals surface area contributed by atoms with Crippen molar-refractivity contribution in [1.29, 1.82) is 0 Å². The molecule has 4 rings (SSSR count). The first-order valence-electron chi connectivity index (χ1n) is 10.7. The van der Waals surface area contributed by atoms with Crippen molar-refractivity contribution in [2.45, 2.75) is 19.4 Å². The highest BCUT2D eigenvalue weighted by Crippen LogP contribution is 2.28. The van der Waals surface area contributed by atoms with Crippen LogP contribution in [0.1, 0.15) is 23.7 Å². The molecule has 1 saturated heterocycles. The van der Waals surface area contributed by atoms with E-state index in [2.05, 4.69) is 22.1 Å². The van der Waals surface area contributed by atoms with E-state index < -0.39 is 5.91 Å². The number of pyridine rings is 1. The van der Waals surface area contributed by atoms with Crippen molar-refractivity contribution in [3.63, 3.8) is 0 Å². The van der Waals surface area contributed by atoms with Gasteiger partial charge >= 0.3 is 0 Å². The Morgan fingerprint density at radius 2 is 1.79 bits per heavy atom. The molecule has 7 nitrogen and oxygen atoms in total. The van der Waals surface area contributed by atoms with Crippen molar-refractivity contribution in [3.05, 3.63) is 72.3 Å². The van der Waals surface area contributed by atoms with Crippen LogP contribution in [0.3, 0.4) is 0 Å². The van der Waals surface area contributed by atoms with Gasteiger partial charge in [0.05, 0.1) is 11.3 Å². The number of primary amides is 1. The number of ether oxygens (including phenoxy) is 1. The van der Waals surface area contributed by atoms with Gasteiger partial charge in [0.15, 0.2) is 0 Å². The SMILES string of the molecule is CC#CC(=O)N1CCC(Nc2ccc(C(N)=O)c(-c3ccc(Oc4ccccc4)cc3)n2)C1. The highest BCUT2D eigenvalue weighted by Gasteiger charge is 2.26. The quantitative estimate of drug-likeness (QED) is 0.570. The molecule has 1 atom stereocenters. The first-order chi connectivity index (χ1) is 16.0. The summed E-state index contributed by atoms with van der Waals surface area (Å²) < 4.78 is 5.84. The number of likely N-dealkylation sites (tertiary alicyclic amines) is 1. The summed E-state index contributed by atoms with van der Waals surface area (Å²) in [4.78, 5) is 30.4. The number of aromatic nitrogens is 1. The first kappa shape index (κ1) is 21.9. The molecule has 3 aromatic rings. The molecule has 2 amide bonds. The number of benzene rings is 2. The second-order valence-corrected chi connectivity index (χ2v) is 7.65. The number of amides is 2. The number of nitrogens with two attached hydrogens (primary N) is 1. The zero-order chi connectivity index (χ0) is 23.2. The predicted octanol–water partition coefficient (Wildman–Crippen LogP) is 3.68. The van der Waals surface area contributed by atoms with Crippen molar-refractivity contribution in [1.82, 2.24) is 9.88 Å². The van der Waals surface area contributed by atoms with Crippen molar-refractivity contribution in [2.24, 2.45) is 5.73 Å². The lowest BCUT2D eigenvalue weighted by Crippen LogP contribution is -2.30. The Kier molecular flexibility index (Phi) is 6.56. The molecule has 1 aliphatic rings. The van der Waals surface area contributed by atoms with Crippen LogP contribution in [0, 0.1) is 11.8 Å². The highest BCUT2D eigenvalue weighted by molar-refractivity contribution is 5.99. The van der Waals surface area contributed by atoms with E-state index in [0.717, 1.165) is 17.7 Å². The van der Waals surface area contributed by atoms with E-state index in [0.29, 0.717) is 35.9 Å². The molecule has 0 spiro atoms. The molecule has 3 N–H and O–H groups in total. The van der Waals surface area contributed by atoms with Crippen LogP contribution in [0.25, 0.3) is 11.3 Å². The number of hydrogen-bond acceptors (Lipinski definition) is 5. The minimum Gasteiger partial charge on any atom is -0.457 e. The number of hydrogen-bond donors (Lipinski definition) is 2. The van der Waals surface area contributed by atoms with Crippen LogP contribution in [-0.2, 0) is 4.79 Å². The molecule has 0 saturated carbocycles. The summed E-state index contributed by atoms with van der Waals surface area (Å²) in [6.07, 6.45) is 0.789. The fourth-order valence-corrected chi connectivity index (χ4v) is 3.72. The van der Waals surface area contributed by atoms with Gasteiger partial charge in [0.2, 0.25) is 0 Å². The predicted molar refractivity (Wildman–Crippen MR) is 127 cm³/mol. The third kappa shape index (κ3) is 5.31. The Morgan fingerprint density at radius 1 is 1.06 bits per heavy atom. The van der Waals surface area contributed by atoms with Gasteiger partial charge in [-0.2, -0.15) is 0 Å². The van der Waals surface area contributed by atoms with E-state index >= 15 is 0 Å². The van der Waals surface area contributed by atoms with Gasteiger partial charge in [-0.15, -0.1) is 0 Å². The summed E-state index contributed by atoms with van der Waals surface area (Å²) in [5, 5.41) is 3.36. The smallest absolute Gasteiger partial charge is 0.298 e. The van der Waals surface area contributed by atoms with Gasteiger partial charge in [0.1, 0.15) is 17.3 Å². The van der Waals surface area contributed by atoms with Crippen molar-refractivity contribution in [2.75, 3.05) is 18.4 Å². The van der Waals surface area contributed by atoms with Crippen LogP contribution < -0.4 is 15.8 Å². The fraction of sp³-hybridized carbons (Fsp3) is 0.192. The van der Waals surface area contributed by atoms with Crippen molar-refractivity contribution >= 4 is 17.6 Å². The standard InChI is InChI=1S/C26H24N4O3/c1-2-6-24(31)30-16-15-19(17-30)28-23-14-13-22(26(27)32)25(29-23)18-9-11-21(12-10-18)33-20-7-4-3-5-8-20/h3-5,7-14,19H,15-17H2,1H3,(H2,27,32)(H,28,29). The summed E-state index contributed by atoms with van der Waals surface area (Å²) in [6.45, 7) is 2.84. The van der Waals surface area contributed by atoms with Gasteiger partial charge in [-0.1, -0.05) is 24.1 Å². The summed E-state index contributed by atoms with van der Waals surface area (Å²) in [7, 11) is 0. The average molecular weight is 441 g/mol. The Morgan fingerprint density at radius 3 is 2.48 bits per heavy atom. The van der Waals surface area contributed by atoms with Crippen LogP contribution in [-0.4, -0.2) is 40.8 Å². The maximum atomic E-state index is 12.0. The fourth-order valence-electron chi connectivity index (χ4n) is 3.72. The Labute approximate surface area is 192 Å². The summed E-state index contributed by atoms with van der Waals surface area (Å²) in [5.74, 6) is 6.52. The lowest BCUT2D eigenvalue weighted by Gasteiger charge is -2.16. The van der Waals surface area contributed by atoms with Crippen LogP contribution in [0.5, 0.6) is 11.5 Å². The van der Waals surface area contributed by atoms with Gasteiger partial charge in [-0.05, 0) is 67.8 Å². The molecule has 1 aliphatic heterocycles. The molecule has 2 aromatic carbocycles. The van der Waals surface area contributed by atoms with Gasteiger partial charge in [0, 0.05) is 24.7 Å². The van der Waals surface area contributed by atoms with Crippen LogP contribution in [0.4, 0.5) is 5.82 Å². The van der Waals surface area contributed by atoms with Gasteiger partial charge in [-0.25, -0.2) is 4.98 Å². The molecule has 7 heteroatoms. The molecule has 0 aliphatic carbocycles. The van der Waals surface area contributed by atoms with Gasteiger partial charge in [0.25, 0.3) is 11.8 Å². The van der Waals surface area contributed by atoms with Crippen molar-refractivity contribution in [3.8, 4) is 34.6 Å². The van der Waals surface area contributed by atoms with E-state index in [9.17, 15) is 9.59 Å². The zero-order valence-electron chi connectivity index (χ0n) is 18.2. The first-order valence-corrected chi connectivity index (χ1v) is 10.7. The van der Waals surface area contributed by atoms with Crippen LogP contribution in [0.2, 0.25) is 0 Å². The molecule has 1 unspecified atom stereocenters. The van der Waals surface area contributed by atoms with E-state index in [4.69, 9.17) is 10.5 Å². The number of nitrogens with zero attached hydrogens (tertiary/aromatic N) is 2. The topological polar surface area (TPSA) is 97.6 Å². The second kappa shape index (κ2) is 9.88. The number of anilines is 1. The third-order valence-electron chi connectivity index (χ3n) is 5.33. The second-order valence-electron chi connectivity index (χ2n) is 7.65. The lowest BCUT2D eigenvalue weighted by atomic mass is 10.0. The number of carbonyl (C=O) groups excluding carboxylic acids is 2. The van der Waals surface area contributed by atoms with Gasteiger partial charge < -0.3 is 20.7 Å².